The number of benzene rings is 1. The monoisotopic (exact) mass is 399 g/mol. The lowest BCUT2D eigenvalue weighted by Gasteiger charge is -2.32. The summed E-state index contributed by atoms with van der Waals surface area (Å²) in [5.74, 6) is 1.51. The van der Waals surface area contributed by atoms with Gasteiger partial charge in [0.25, 0.3) is 0 Å². The fourth-order valence-corrected chi connectivity index (χ4v) is 3.26. The van der Waals surface area contributed by atoms with Gasteiger partial charge in [-0.15, -0.1) is 10.2 Å². The van der Waals surface area contributed by atoms with Crippen molar-refractivity contribution in [2.45, 2.75) is 39.3 Å². The average molecular weight is 399 g/mol. The summed E-state index contributed by atoms with van der Waals surface area (Å²) < 4.78 is 7.01. The number of carbonyl (C=O) groups is 1. The molecule has 0 unspecified atom stereocenters. The second-order valence-corrected chi connectivity index (χ2v) is 6.75. The summed E-state index contributed by atoms with van der Waals surface area (Å²) in [5.41, 5.74) is 1.01. The number of aliphatic imine (C=N–C) groups is 1. The van der Waals surface area contributed by atoms with Crippen molar-refractivity contribution in [3.63, 3.8) is 0 Å². The zero-order chi connectivity index (χ0) is 20.5. The maximum absolute atomic E-state index is 11.8. The summed E-state index contributed by atoms with van der Waals surface area (Å²) in [7, 11) is 0. The molecule has 0 bridgehead atoms. The number of para-hydroxylation sites is 1. The molecule has 2 aromatic rings. The molecule has 1 aliphatic heterocycles. The molecule has 0 radical (unpaired) electrons. The molecule has 29 heavy (non-hydrogen) atoms. The van der Waals surface area contributed by atoms with Gasteiger partial charge in [-0.05, 0) is 38.8 Å². The number of hydrogen-bond acceptors (Lipinski definition) is 5. The molecule has 0 saturated carbocycles. The van der Waals surface area contributed by atoms with Crippen LogP contribution in [0.4, 0.5) is 4.79 Å². The maximum Gasteiger partial charge on any atom is 0.409 e. The van der Waals surface area contributed by atoms with E-state index in [0.29, 0.717) is 26.2 Å². The molecule has 0 aliphatic carbocycles. The number of hydrogen-bond donors (Lipinski definition) is 2. The van der Waals surface area contributed by atoms with E-state index < -0.39 is 0 Å². The van der Waals surface area contributed by atoms with E-state index in [1.54, 1.807) is 11.2 Å². The number of piperidine rings is 1. The Morgan fingerprint density at radius 1 is 1.24 bits per heavy atom. The Labute approximate surface area is 171 Å². The highest BCUT2D eigenvalue weighted by Gasteiger charge is 2.24. The van der Waals surface area contributed by atoms with Gasteiger partial charge in [0, 0.05) is 31.4 Å². The second kappa shape index (κ2) is 10.4. The maximum atomic E-state index is 11.8. The molecule has 0 spiro atoms. The van der Waals surface area contributed by atoms with Gasteiger partial charge in [0.2, 0.25) is 0 Å². The third-order valence-corrected chi connectivity index (χ3v) is 4.74. The standard InChI is InChI=1S/C20H29N7O2/c1-3-21-19(24-16-10-12-26(13-11-16)20(28)29-4-2)22-14-18-25-23-15-27(18)17-8-6-5-7-9-17/h5-9,15-16H,3-4,10-14H2,1-2H3,(H2,21,22,24). The van der Waals surface area contributed by atoms with E-state index >= 15 is 0 Å². The Kier molecular flexibility index (Phi) is 7.43. The van der Waals surface area contributed by atoms with Gasteiger partial charge in [-0.25, -0.2) is 9.79 Å². The van der Waals surface area contributed by atoms with E-state index in [2.05, 4.69) is 25.8 Å². The van der Waals surface area contributed by atoms with Gasteiger partial charge >= 0.3 is 6.09 Å². The van der Waals surface area contributed by atoms with Crippen LogP contribution in [0.5, 0.6) is 0 Å². The van der Waals surface area contributed by atoms with Crippen molar-refractivity contribution in [2.24, 2.45) is 4.99 Å². The quantitative estimate of drug-likeness (QED) is 0.569. The van der Waals surface area contributed by atoms with Crippen LogP contribution in [0, 0.1) is 0 Å². The Morgan fingerprint density at radius 3 is 2.69 bits per heavy atom. The molecule has 1 amide bonds. The molecule has 1 saturated heterocycles. The highest BCUT2D eigenvalue weighted by atomic mass is 16.6. The lowest BCUT2D eigenvalue weighted by molar-refractivity contribution is 0.0963. The first-order valence-corrected chi connectivity index (χ1v) is 10.1. The Bertz CT molecular complexity index is 798. The summed E-state index contributed by atoms with van der Waals surface area (Å²) in [6, 6.07) is 10.2. The number of ether oxygens (including phenoxy) is 1. The number of nitrogens with one attached hydrogen (secondary N) is 2. The topological polar surface area (TPSA) is 96.7 Å². The lowest BCUT2D eigenvalue weighted by Crippen LogP contribution is -2.49. The minimum absolute atomic E-state index is 0.230. The van der Waals surface area contributed by atoms with Crippen LogP contribution in [0.25, 0.3) is 5.69 Å². The normalized spacial score (nSPS) is 15.2. The van der Waals surface area contributed by atoms with Crippen LogP contribution >= 0.6 is 0 Å². The molecular formula is C20H29N7O2. The highest BCUT2D eigenvalue weighted by molar-refractivity contribution is 5.80. The predicted molar refractivity (Wildman–Crippen MR) is 111 cm³/mol. The van der Waals surface area contributed by atoms with Crippen molar-refractivity contribution in [1.29, 1.82) is 0 Å². The first kappa shape index (κ1) is 20.6. The minimum Gasteiger partial charge on any atom is -0.450 e. The molecule has 1 aliphatic rings. The van der Waals surface area contributed by atoms with E-state index in [0.717, 1.165) is 36.9 Å². The fourth-order valence-electron chi connectivity index (χ4n) is 3.26. The van der Waals surface area contributed by atoms with Crippen LogP contribution in [0.15, 0.2) is 41.7 Å². The lowest BCUT2D eigenvalue weighted by atomic mass is 10.1. The first-order chi connectivity index (χ1) is 14.2. The number of likely N-dealkylation sites (tertiary alicyclic amines) is 1. The molecular weight excluding hydrogens is 370 g/mol. The van der Waals surface area contributed by atoms with Crippen molar-refractivity contribution in [1.82, 2.24) is 30.3 Å². The first-order valence-electron chi connectivity index (χ1n) is 10.1. The number of nitrogens with zero attached hydrogens (tertiary/aromatic N) is 5. The number of aromatic nitrogens is 3. The third kappa shape index (κ3) is 5.69. The van der Waals surface area contributed by atoms with Gasteiger partial charge in [0.15, 0.2) is 11.8 Å². The van der Waals surface area contributed by atoms with Crippen LogP contribution in [0.3, 0.4) is 0 Å². The summed E-state index contributed by atoms with van der Waals surface area (Å²) >= 11 is 0. The second-order valence-electron chi connectivity index (χ2n) is 6.75. The molecule has 2 N–H and O–H groups in total. The number of carbonyl (C=O) groups excluding carboxylic acids is 1. The van der Waals surface area contributed by atoms with Gasteiger partial charge in [-0.2, -0.15) is 0 Å². The number of guanidine groups is 1. The Hall–Kier alpha value is -3.10. The predicted octanol–water partition coefficient (Wildman–Crippen LogP) is 1.94. The highest BCUT2D eigenvalue weighted by Crippen LogP contribution is 2.12. The molecule has 3 rings (SSSR count). The largest absolute Gasteiger partial charge is 0.450 e. The van der Waals surface area contributed by atoms with Crippen molar-refractivity contribution in [2.75, 3.05) is 26.2 Å². The molecule has 1 aromatic heterocycles. The molecule has 156 valence electrons. The number of amides is 1. The SMILES string of the molecule is CCNC(=NCc1nncn1-c1ccccc1)NC1CCN(C(=O)OCC)CC1. The van der Waals surface area contributed by atoms with Gasteiger partial charge in [0.1, 0.15) is 12.9 Å². The minimum atomic E-state index is -0.230. The summed E-state index contributed by atoms with van der Waals surface area (Å²) in [6.07, 6.45) is 3.17. The van der Waals surface area contributed by atoms with Crippen LogP contribution in [0.1, 0.15) is 32.5 Å². The molecule has 1 aromatic carbocycles. The van der Waals surface area contributed by atoms with E-state index in [1.807, 2.05) is 48.7 Å². The Balaban J connectivity index is 1.59. The van der Waals surface area contributed by atoms with Crippen molar-refractivity contribution < 1.29 is 9.53 Å². The zero-order valence-corrected chi connectivity index (χ0v) is 17.0. The van der Waals surface area contributed by atoms with Gasteiger partial charge in [0.05, 0.1) is 6.61 Å². The van der Waals surface area contributed by atoms with E-state index in [1.165, 1.54) is 0 Å². The summed E-state index contributed by atoms with van der Waals surface area (Å²) in [6.45, 7) is 6.79. The summed E-state index contributed by atoms with van der Waals surface area (Å²) in [4.78, 5) is 18.3. The van der Waals surface area contributed by atoms with E-state index in [9.17, 15) is 4.79 Å². The fraction of sp³-hybridized carbons (Fsp3) is 0.500. The van der Waals surface area contributed by atoms with Crippen LogP contribution in [-0.2, 0) is 11.3 Å². The smallest absolute Gasteiger partial charge is 0.409 e. The molecule has 0 atom stereocenters. The molecule has 1 fully saturated rings. The molecule has 9 nitrogen and oxygen atoms in total. The van der Waals surface area contributed by atoms with E-state index in [-0.39, 0.29) is 12.1 Å². The van der Waals surface area contributed by atoms with Crippen molar-refractivity contribution in [3.8, 4) is 5.69 Å². The Morgan fingerprint density at radius 2 is 2.00 bits per heavy atom. The average Bonchev–Trinajstić information content (AvgIpc) is 3.22. The van der Waals surface area contributed by atoms with Crippen molar-refractivity contribution in [3.05, 3.63) is 42.5 Å². The van der Waals surface area contributed by atoms with Gasteiger partial charge < -0.3 is 20.3 Å². The van der Waals surface area contributed by atoms with Crippen LogP contribution < -0.4 is 10.6 Å². The van der Waals surface area contributed by atoms with Crippen molar-refractivity contribution >= 4 is 12.1 Å². The van der Waals surface area contributed by atoms with Crippen LogP contribution in [0.2, 0.25) is 0 Å². The molecule has 9 heteroatoms. The summed E-state index contributed by atoms with van der Waals surface area (Å²) in [5, 5.41) is 15.0. The zero-order valence-electron chi connectivity index (χ0n) is 17.0. The van der Waals surface area contributed by atoms with Gasteiger partial charge in [-0.1, -0.05) is 18.2 Å². The third-order valence-electron chi connectivity index (χ3n) is 4.74. The molecule has 2 heterocycles. The van der Waals surface area contributed by atoms with Crippen LogP contribution in [-0.4, -0.2) is 64.0 Å². The van der Waals surface area contributed by atoms with E-state index in [4.69, 9.17) is 4.74 Å². The van der Waals surface area contributed by atoms with Gasteiger partial charge in [-0.3, -0.25) is 4.57 Å². The number of rotatable bonds is 6.